The predicted octanol–water partition coefficient (Wildman–Crippen LogP) is 1.03. The predicted molar refractivity (Wildman–Crippen MR) is 69.6 cm³/mol. The number of amides is 1. The molecule has 6 nitrogen and oxygen atoms in total. The molecule has 106 valence electrons. The topological polar surface area (TPSA) is 79.7 Å². The van der Waals surface area contributed by atoms with E-state index < -0.39 is 5.97 Å². The third-order valence-corrected chi connectivity index (χ3v) is 4.14. The van der Waals surface area contributed by atoms with Gasteiger partial charge >= 0.3 is 5.97 Å². The largest absolute Gasteiger partial charge is 0.477 e. The van der Waals surface area contributed by atoms with Crippen LogP contribution in [0.5, 0.6) is 0 Å². The fourth-order valence-electron chi connectivity index (χ4n) is 2.94. The van der Waals surface area contributed by atoms with Crippen LogP contribution in [0.25, 0.3) is 0 Å². The van der Waals surface area contributed by atoms with Crippen LogP contribution >= 0.6 is 0 Å². The smallest absolute Gasteiger partial charge is 0.354 e. The molecule has 0 radical (unpaired) electrons. The van der Waals surface area contributed by atoms with Crippen LogP contribution in [-0.2, 0) is 4.74 Å². The van der Waals surface area contributed by atoms with Crippen LogP contribution in [0.3, 0.4) is 0 Å². The number of carboxylic acid groups (broad SMARTS) is 1. The zero-order valence-electron chi connectivity index (χ0n) is 11.0. The van der Waals surface area contributed by atoms with Gasteiger partial charge in [0, 0.05) is 36.9 Å². The number of carbonyl (C=O) groups is 2. The highest BCUT2D eigenvalue weighted by molar-refractivity contribution is 5.96. The van der Waals surface area contributed by atoms with Crippen LogP contribution < -0.4 is 0 Å². The third-order valence-electron chi connectivity index (χ3n) is 4.14. The Balaban J connectivity index is 1.76. The Morgan fingerprint density at radius 2 is 2.25 bits per heavy atom. The molecule has 2 saturated heterocycles. The maximum Gasteiger partial charge on any atom is 0.354 e. The van der Waals surface area contributed by atoms with Crippen molar-refractivity contribution in [2.75, 3.05) is 26.3 Å². The van der Waals surface area contributed by atoms with E-state index in [0.29, 0.717) is 25.3 Å². The van der Waals surface area contributed by atoms with Gasteiger partial charge in [-0.25, -0.2) is 9.78 Å². The molecule has 1 spiro atoms. The van der Waals surface area contributed by atoms with Gasteiger partial charge in [0.05, 0.1) is 6.61 Å². The molecule has 0 aromatic carbocycles. The van der Waals surface area contributed by atoms with Crippen molar-refractivity contribution >= 4 is 11.9 Å². The van der Waals surface area contributed by atoms with Crippen molar-refractivity contribution in [1.82, 2.24) is 9.88 Å². The van der Waals surface area contributed by atoms with Crippen LogP contribution in [0.2, 0.25) is 0 Å². The van der Waals surface area contributed by atoms with Crippen LogP contribution in [0.4, 0.5) is 0 Å². The van der Waals surface area contributed by atoms with Crippen molar-refractivity contribution in [3.05, 3.63) is 29.6 Å². The molecule has 1 aromatic heterocycles. The van der Waals surface area contributed by atoms with E-state index in [-0.39, 0.29) is 17.0 Å². The average Bonchev–Trinajstić information content (AvgIpc) is 3.09. The number of ether oxygens (including phenoxy) is 1. The van der Waals surface area contributed by atoms with E-state index in [1.807, 2.05) is 0 Å². The minimum Gasteiger partial charge on any atom is -0.477 e. The van der Waals surface area contributed by atoms with Gasteiger partial charge in [-0.05, 0) is 25.0 Å². The van der Waals surface area contributed by atoms with E-state index in [9.17, 15) is 9.59 Å². The van der Waals surface area contributed by atoms with Gasteiger partial charge in [-0.2, -0.15) is 0 Å². The SMILES string of the molecule is O=C(O)c1cc(C(=O)N2CCC3(CCOC3)C2)ccn1. The Labute approximate surface area is 116 Å². The normalized spacial score (nSPS) is 25.3. The number of aromatic nitrogens is 1. The number of rotatable bonds is 2. The molecule has 1 atom stereocenters. The van der Waals surface area contributed by atoms with E-state index >= 15 is 0 Å². The molecular weight excluding hydrogens is 260 g/mol. The first-order valence-corrected chi connectivity index (χ1v) is 6.66. The maximum atomic E-state index is 12.4. The molecule has 0 saturated carbocycles. The number of likely N-dealkylation sites (tertiary alicyclic amines) is 1. The molecular formula is C14H16N2O4. The molecule has 20 heavy (non-hydrogen) atoms. The van der Waals surface area contributed by atoms with Gasteiger partial charge in [-0.15, -0.1) is 0 Å². The van der Waals surface area contributed by atoms with Gasteiger partial charge in [0.2, 0.25) is 0 Å². The summed E-state index contributed by atoms with van der Waals surface area (Å²) in [6.07, 6.45) is 3.31. The minimum atomic E-state index is -1.12. The lowest BCUT2D eigenvalue weighted by atomic mass is 9.87. The van der Waals surface area contributed by atoms with Crippen molar-refractivity contribution in [1.29, 1.82) is 0 Å². The lowest BCUT2D eigenvalue weighted by Crippen LogP contribution is -2.32. The van der Waals surface area contributed by atoms with Gasteiger partial charge < -0.3 is 14.7 Å². The molecule has 3 heterocycles. The van der Waals surface area contributed by atoms with E-state index in [2.05, 4.69) is 4.98 Å². The molecule has 3 rings (SSSR count). The summed E-state index contributed by atoms with van der Waals surface area (Å²) >= 11 is 0. The van der Waals surface area contributed by atoms with Gasteiger partial charge in [0.15, 0.2) is 0 Å². The van der Waals surface area contributed by atoms with E-state index in [1.54, 1.807) is 11.0 Å². The van der Waals surface area contributed by atoms with E-state index in [1.165, 1.54) is 12.3 Å². The molecule has 0 bridgehead atoms. The van der Waals surface area contributed by atoms with E-state index in [4.69, 9.17) is 9.84 Å². The first-order valence-electron chi connectivity index (χ1n) is 6.66. The number of aromatic carboxylic acids is 1. The maximum absolute atomic E-state index is 12.4. The fourth-order valence-corrected chi connectivity index (χ4v) is 2.94. The molecule has 2 aliphatic rings. The summed E-state index contributed by atoms with van der Waals surface area (Å²) in [5.74, 6) is -1.25. The van der Waals surface area contributed by atoms with E-state index in [0.717, 1.165) is 19.4 Å². The highest BCUT2D eigenvalue weighted by atomic mass is 16.5. The molecule has 6 heteroatoms. The van der Waals surface area contributed by atoms with Gasteiger partial charge in [0.1, 0.15) is 5.69 Å². The Hall–Kier alpha value is -1.95. The van der Waals surface area contributed by atoms with Crippen LogP contribution in [0.1, 0.15) is 33.7 Å². The summed E-state index contributed by atoms with van der Waals surface area (Å²) in [4.78, 5) is 28.8. The molecule has 0 aliphatic carbocycles. The minimum absolute atomic E-state index is 0.103. The number of pyridine rings is 1. The van der Waals surface area contributed by atoms with Crippen molar-refractivity contribution in [2.45, 2.75) is 12.8 Å². The number of hydrogen-bond acceptors (Lipinski definition) is 4. The van der Waals surface area contributed by atoms with Gasteiger partial charge in [0.25, 0.3) is 5.91 Å². The number of carbonyl (C=O) groups excluding carboxylic acids is 1. The average molecular weight is 276 g/mol. The molecule has 1 amide bonds. The highest BCUT2D eigenvalue weighted by Crippen LogP contribution is 2.38. The van der Waals surface area contributed by atoms with Gasteiger partial charge in [-0.3, -0.25) is 4.79 Å². The molecule has 2 aliphatic heterocycles. The molecule has 1 aromatic rings. The summed E-state index contributed by atoms with van der Waals surface area (Å²) in [5, 5.41) is 8.92. The standard InChI is InChI=1S/C14H16N2O4/c17-12(10-1-4-15-11(7-10)13(18)19)16-5-2-14(8-16)3-6-20-9-14/h1,4,7H,2-3,5-6,8-9H2,(H,18,19). The number of carboxylic acids is 1. The second kappa shape index (κ2) is 4.86. The Morgan fingerprint density at radius 1 is 1.40 bits per heavy atom. The van der Waals surface area contributed by atoms with Crippen molar-refractivity contribution in [2.24, 2.45) is 5.41 Å². The van der Waals surface area contributed by atoms with Crippen LogP contribution in [-0.4, -0.2) is 53.2 Å². The Kier molecular flexibility index (Phi) is 3.17. The second-order valence-electron chi connectivity index (χ2n) is 5.51. The summed E-state index contributed by atoms with van der Waals surface area (Å²) in [6.45, 7) is 2.87. The van der Waals surface area contributed by atoms with Crippen molar-refractivity contribution < 1.29 is 19.4 Å². The quantitative estimate of drug-likeness (QED) is 0.872. The second-order valence-corrected chi connectivity index (χ2v) is 5.51. The monoisotopic (exact) mass is 276 g/mol. The Bertz CT molecular complexity index is 552. The highest BCUT2D eigenvalue weighted by Gasteiger charge is 2.42. The molecule has 1 N–H and O–H groups in total. The van der Waals surface area contributed by atoms with Crippen LogP contribution in [0, 0.1) is 5.41 Å². The van der Waals surface area contributed by atoms with Gasteiger partial charge in [-0.1, -0.05) is 0 Å². The number of nitrogens with zero attached hydrogens (tertiary/aromatic N) is 2. The zero-order valence-corrected chi connectivity index (χ0v) is 11.0. The first kappa shape index (κ1) is 13.1. The summed E-state index contributed by atoms with van der Waals surface area (Å²) < 4.78 is 5.44. The van der Waals surface area contributed by atoms with Crippen molar-refractivity contribution in [3.8, 4) is 0 Å². The third kappa shape index (κ3) is 2.27. The Morgan fingerprint density at radius 3 is 2.95 bits per heavy atom. The summed E-state index contributed by atoms with van der Waals surface area (Å²) in [5.41, 5.74) is 0.389. The summed E-state index contributed by atoms with van der Waals surface area (Å²) in [7, 11) is 0. The summed E-state index contributed by atoms with van der Waals surface area (Å²) in [6, 6.07) is 2.89. The van der Waals surface area contributed by atoms with Crippen LogP contribution in [0.15, 0.2) is 18.3 Å². The lowest BCUT2D eigenvalue weighted by Gasteiger charge is -2.22. The van der Waals surface area contributed by atoms with Crippen molar-refractivity contribution in [3.63, 3.8) is 0 Å². The first-order chi connectivity index (χ1) is 9.60. The fraction of sp³-hybridized carbons (Fsp3) is 0.500. The molecule has 1 unspecified atom stereocenters. The zero-order chi connectivity index (χ0) is 14.2. The lowest BCUT2D eigenvalue weighted by molar-refractivity contribution is 0.0690. The molecule has 2 fully saturated rings. The number of hydrogen-bond donors (Lipinski definition) is 1.